The standard InChI is InChI=1S/2C70H54N4/c1-51-31-49-69(67-29-17-15-27-65(51)67)73(63-45-41-59(42-46-63)71(55-19-7-3-8-20-55)56-21-9-4-10-22-56)61-37-33-53(34-38-61)54-35-39-62(40-36-54)74(70-50-32-52(2)66-28-16-18-30-68(66)70)64-47-43-60(44-48-64)72(57-23-11-5-12-24-57)58-25-13-6-14-26-58;1-51-19-9-15-31-67(51)71(61-43-47-63(48-44-61)73(57-25-5-3-6-26-57)69-33-17-23-55-21-11-13-29-65(55)69)59-39-35-53(36-40-59)54-37-41-60(42-38-54)72(68-32-16-10-20-52(68)2)62-45-49-64(50-46-62)74(58-27-7-4-8-28-58)70-34-18-24-56-22-12-14-30-66(56)70/h2*3-50H,1-2H3. The predicted octanol–water partition coefficient (Wildman–Crippen LogP) is 40.3. The van der Waals surface area contributed by atoms with Crippen LogP contribution in [0.3, 0.4) is 0 Å². The predicted molar refractivity (Wildman–Crippen MR) is 630 cm³/mol. The van der Waals surface area contributed by atoms with Crippen molar-refractivity contribution in [3.05, 3.63) is 605 Å². The topological polar surface area (TPSA) is 25.9 Å². The van der Waals surface area contributed by atoms with Crippen molar-refractivity contribution in [2.75, 3.05) is 39.2 Å². The molecule has 0 aliphatic heterocycles. The second-order valence-electron chi connectivity index (χ2n) is 37.4. The molecule has 24 aromatic carbocycles. The van der Waals surface area contributed by atoms with E-state index in [-0.39, 0.29) is 0 Å². The highest BCUT2D eigenvalue weighted by Crippen LogP contribution is 2.51. The van der Waals surface area contributed by atoms with Gasteiger partial charge >= 0.3 is 0 Å². The third kappa shape index (κ3) is 19.0. The van der Waals surface area contributed by atoms with Crippen LogP contribution in [0, 0.1) is 27.7 Å². The Morgan fingerprint density at radius 3 is 0.507 bits per heavy atom. The average Bonchev–Trinajstić information content (AvgIpc) is 0.777. The Balaban J connectivity index is 0.000000163. The third-order valence-corrected chi connectivity index (χ3v) is 28.2. The normalized spacial score (nSPS) is 11.1. The van der Waals surface area contributed by atoms with Gasteiger partial charge in [0.1, 0.15) is 0 Å². The van der Waals surface area contributed by atoms with Crippen LogP contribution in [0.4, 0.5) is 136 Å². The van der Waals surface area contributed by atoms with E-state index in [9.17, 15) is 0 Å². The lowest BCUT2D eigenvalue weighted by Gasteiger charge is -2.30. The molecule has 8 heteroatoms. The number of para-hydroxylation sites is 8. The first-order valence-electron chi connectivity index (χ1n) is 50.7. The van der Waals surface area contributed by atoms with Crippen LogP contribution >= 0.6 is 0 Å². The van der Waals surface area contributed by atoms with Crippen LogP contribution in [0.25, 0.3) is 65.3 Å². The molecule has 0 heterocycles. The maximum absolute atomic E-state index is 2.39. The second kappa shape index (κ2) is 42.1. The van der Waals surface area contributed by atoms with Crippen molar-refractivity contribution in [2.24, 2.45) is 0 Å². The molecule has 24 aromatic rings. The zero-order valence-corrected chi connectivity index (χ0v) is 83.0. The van der Waals surface area contributed by atoms with Gasteiger partial charge in [0.25, 0.3) is 0 Å². The first kappa shape index (κ1) is 92.4. The molecule has 0 saturated carbocycles. The molecule has 0 amide bonds. The Kier molecular flexibility index (Phi) is 26.3. The third-order valence-electron chi connectivity index (χ3n) is 28.2. The van der Waals surface area contributed by atoms with Crippen molar-refractivity contribution >= 4 is 180 Å². The molecule has 0 bridgehead atoms. The summed E-state index contributed by atoms with van der Waals surface area (Å²) in [7, 11) is 0. The number of rotatable bonds is 26. The summed E-state index contributed by atoms with van der Waals surface area (Å²) >= 11 is 0. The molecule has 0 N–H and O–H groups in total. The van der Waals surface area contributed by atoms with Gasteiger partial charge in [-0.1, -0.05) is 328 Å². The summed E-state index contributed by atoms with van der Waals surface area (Å²) in [5.74, 6) is 0. The molecule has 708 valence electrons. The molecule has 0 aromatic heterocycles. The summed E-state index contributed by atoms with van der Waals surface area (Å²) in [6, 6.07) is 209. The Bertz CT molecular complexity index is 8100. The van der Waals surface area contributed by atoms with Gasteiger partial charge in [-0.25, -0.2) is 0 Å². The molecule has 0 aliphatic rings. The van der Waals surface area contributed by atoms with E-state index in [1.54, 1.807) is 0 Å². The van der Waals surface area contributed by atoms with Gasteiger partial charge in [-0.3, -0.25) is 0 Å². The first-order chi connectivity index (χ1) is 73.1. The lowest BCUT2D eigenvalue weighted by Crippen LogP contribution is -2.13. The largest absolute Gasteiger partial charge is 0.311 e. The molecule has 148 heavy (non-hydrogen) atoms. The Morgan fingerprint density at radius 1 is 0.0946 bits per heavy atom. The van der Waals surface area contributed by atoms with Gasteiger partial charge in [0.15, 0.2) is 0 Å². The number of hydrogen-bond acceptors (Lipinski definition) is 8. The molecular formula is C140H108N8. The van der Waals surface area contributed by atoms with Crippen molar-refractivity contribution in [3.8, 4) is 22.3 Å². The van der Waals surface area contributed by atoms with E-state index in [2.05, 4.69) is 649 Å². The second-order valence-corrected chi connectivity index (χ2v) is 37.4. The van der Waals surface area contributed by atoms with E-state index in [1.807, 2.05) is 0 Å². The molecule has 0 radical (unpaired) electrons. The minimum absolute atomic E-state index is 1.07. The number of fused-ring (bicyclic) bond motifs is 4. The average molecular weight is 1900 g/mol. The van der Waals surface area contributed by atoms with E-state index in [0.29, 0.717) is 0 Å². The van der Waals surface area contributed by atoms with Gasteiger partial charge in [0, 0.05) is 135 Å². The fourth-order valence-corrected chi connectivity index (χ4v) is 20.8. The smallest absolute Gasteiger partial charge is 0.0540 e. The fourth-order valence-electron chi connectivity index (χ4n) is 20.8. The molecule has 0 atom stereocenters. The zero-order chi connectivity index (χ0) is 99.6. The lowest BCUT2D eigenvalue weighted by molar-refractivity contribution is 1.24. The number of hydrogen-bond donors (Lipinski definition) is 0. The van der Waals surface area contributed by atoms with Gasteiger partial charge in [0.05, 0.1) is 22.7 Å². The molecule has 0 spiro atoms. The Hall–Kier alpha value is -19.3. The van der Waals surface area contributed by atoms with Crippen LogP contribution in [0.15, 0.2) is 582 Å². The van der Waals surface area contributed by atoms with E-state index in [0.717, 1.165) is 159 Å². The van der Waals surface area contributed by atoms with Crippen molar-refractivity contribution in [2.45, 2.75) is 27.7 Å². The molecule has 0 aliphatic carbocycles. The van der Waals surface area contributed by atoms with Gasteiger partial charge in [-0.2, -0.15) is 0 Å². The summed E-state index contributed by atoms with van der Waals surface area (Å²) < 4.78 is 0. The molecule has 8 nitrogen and oxygen atoms in total. The minimum Gasteiger partial charge on any atom is -0.311 e. The number of nitrogens with zero attached hydrogens (tertiary/aromatic N) is 8. The van der Waals surface area contributed by atoms with E-state index in [1.165, 1.54) is 65.3 Å². The van der Waals surface area contributed by atoms with Crippen LogP contribution in [0.1, 0.15) is 22.3 Å². The van der Waals surface area contributed by atoms with Crippen LogP contribution < -0.4 is 39.2 Å². The minimum atomic E-state index is 1.07. The van der Waals surface area contributed by atoms with Crippen molar-refractivity contribution in [1.29, 1.82) is 0 Å². The molecule has 0 fully saturated rings. The quantitative estimate of drug-likeness (QED) is 0.0529. The maximum Gasteiger partial charge on any atom is 0.0540 e. The van der Waals surface area contributed by atoms with Crippen molar-refractivity contribution in [1.82, 2.24) is 0 Å². The molecule has 0 unspecified atom stereocenters. The first-order valence-corrected chi connectivity index (χ1v) is 50.7. The highest BCUT2D eigenvalue weighted by Gasteiger charge is 2.27. The molecular weight excluding hydrogens is 1790 g/mol. The highest BCUT2D eigenvalue weighted by atomic mass is 15.2. The van der Waals surface area contributed by atoms with Gasteiger partial charge in [0.2, 0.25) is 0 Å². The summed E-state index contributed by atoms with van der Waals surface area (Å²) in [4.78, 5) is 18.8. The summed E-state index contributed by atoms with van der Waals surface area (Å²) in [6.45, 7) is 8.75. The summed E-state index contributed by atoms with van der Waals surface area (Å²) in [5, 5.41) is 9.73. The molecule has 0 saturated heterocycles. The van der Waals surface area contributed by atoms with Gasteiger partial charge in [-0.05, 0) is 349 Å². The summed E-state index contributed by atoms with van der Waals surface area (Å²) in [6.07, 6.45) is 0. The number of benzene rings is 24. The van der Waals surface area contributed by atoms with Crippen LogP contribution in [0.2, 0.25) is 0 Å². The maximum atomic E-state index is 2.39. The van der Waals surface area contributed by atoms with Crippen LogP contribution in [0.5, 0.6) is 0 Å². The summed E-state index contributed by atoms with van der Waals surface area (Å²) in [5.41, 5.74) is 35.9. The number of anilines is 24. The van der Waals surface area contributed by atoms with Crippen LogP contribution in [-0.4, -0.2) is 0 Å². The van der Waals surface area contributed by atoms with Crippen molar-refractivity contribution in [3.63, 3.8) is 0 Å². The molecule has 24 rings (SSSR count). The monoisotopic (exact) mass is 1900 g/mol. The van der Waals surface area contributed by atoms with Crippen molar-refractivity contribution < 1.29 is 0 Å². The lowest BCUT2D eigenvalue weighted by atomic mass is 10.0. The SMILES string of the molecule is Cc1ccc(N(c2ccc(-c3ccc(N(c4ccc(N(c5ccccc5)c5ccccc5)cc4)c4ccc(C)c5ccccc45)cc3)cc2)c2ccc(N(c3ccccc3)c3ccccc3)cc2)c2ccccc12.Cc1ccccc1N(c1ccc(-c2ccc(N(c3ccc(N(c4ccccc4)c4cccc5ccccc45)cc3)c3ccccc3C)cc2)cc1)c1ccc(N(c2ccccc2)c2cccc3ccccc23)cc1. The number of aryl methyl sites for hydroxylation is 4. The fraction of sp³-hybridized carbons (Fsp3) is 0.0286. The van der Waals surface area contributed by atoms with Gasteiger partial charge in [-0.15, -0.1) is 0 Å². The van der Waals surface area contributed by atoms with E-state index in [4.69, 9.17) is 0 Å². The Labute approximate surface area is 867 Å². The van der Waals surface area contributed by atoms with E-state index < -0.39 is 0 Å². The Morgan fingerprint density at radius 2 is 0.257 bits per heavy atom. The van der Waals surface area contributed by atoms with E-state index >= 15 is 0 Å². The van der Waals surface area contributed by atoms with Crippen LogP contribution in [-0.2, 0) is 0 Å². The van der Waals surface area contributed by atoms with Gasteiger partial charge < -0.3 is 39.2 Å². The zero-order valence-electron chi connectivity index (χ0n) is 83.0. The highest BCUT2D eigenvalue weighted by molar-refractivity contribution is 6.05.